The molecular formula is C49H42N5Pt-3. The van der Waals surface area contributed by atoms with E-state index in [1.165, 1.54) is 22.1 Å². The number of rotatable bonds is 7. The van der Waals surface area contributed by atoms with Gasteiger partial charge in [-0.05, 0) is 70.0 Å². The molecule has 0 unspecified atom stereocenters. The van der Waals surface area contributed by atoms with Crippen LogP contribution in [0.2, 0.25) is 0 Å². The van der Waals surface area contributed by atoms with Crippen molar-refractivity contribution in [1.82, 2.24) is 9.55 Å². The molecular weight excluding hydrogens is 854 g/mol. The van der Waals surface area contributed by atoms with Crippen molar-refractivity contribution in [2.24, 2.45) is 0 Å². The van der Waals surface area contributed by atoms with Crippen LogP contribution in [0.15, 0.2) is 170 Å². The van der Waals surface area contributed by atoms with E-state index in [9.17, 15) is 0 Å². The monoisotopic (exact) mass is 895 g/mol. The van der Waals surface area contributed by atoms with E-state index >= 15 is 0 Å². The maximum Gasteiger partial charge on any atom is 0.135 e. The largest absolute Gasteiger partial charge is 0.358 e. The number of fused-ring (bicyclic) bond motifs is 3. The van der Waals surface area contributed by atoms with Crippen LogP contribution in [0.4, 0.5) is 28.4 Å². The molecule has 0 N–H and O–H groups in total. The van der Waals surface area contributed by atoms with Gasteiger partial charge in [0.1, 0.15) is 5.82 Å². The van der Waals surface area contributed by atoms with Gasteiger partial charge in [0, 0.05) is 56.6 Å². The van der Waals surface area contributed by atoms with Crippen LogP contribution in [-0.4, -0.2) is 16.2 Å². The van der Waals surface area contributed by atoms with Crippen molar-refractivity contribution >= 4 is 50.2 Å². The minimum absolute atomic E-state index is 0. The number of benzene rings is 6. The molecule has 0 fully saturated rings. The van der Waals surface area contributed by atoms with Crippen LogP contribution in [0.25, 0.3) is 38.8 Å². The number of para-hydroxylation sites is 2. The normalized spacial score (nSPS) is 12.5. The van der Waals surface area contributed by atoms with Crippen molar-refractivity contribution in [2.45, 2.75) is 26.2 Å². The average molecular weight is 896 g/mol. The van der Waals surface area contributed by atoms with Gasteiger partial charge in [-0.2, -0.15) is 12.1 Å². The zero-order valence-corrected chi connectivity index (χ0v) is 33.7. The summed E-state index contributed by atoms with van der Waals surface area (Å²) in [5, 5.41) is 2.31. The van der Waals surface area contributed by atoms with Gasteiger partial charge in [-0.15, -0.1) is 35.7 Å². The Balaban J connectivity index is 0.00000233. The van der Waals surface area contributed by atoms with E-state index in [1.807, 2.05) is 6.20 Å². The molecule has 55 heavy (non-hydrogen) atoms. The first-order chi connectivity index (χ1) is 25.9. The summed E-state index contributed by atoms with van der Waals surface area (Å²) in [6.45, 7) is 7.40. The van der Waals surface area contributed by atoms with Crippen molar-refractivity contribution in [2.75, 3.05) is 21.4 Å². The van der Waals surface area contributed by atoms with Gasteiger partial charge in [0.2, 0.25) is 0 Å². The molecule has 1 aliphatic rings. The van der Waals surface area contributed by atoms with Gasteiger partial charge in [0.15, 0.2) is 0 Å². The second-order valence-electron chi connectivity index (χ2n) is 14.5. The fourth-order valence-electron chi connectivity index (χ4n) is 7.22. The number of hydrogen-bond donors (Lipinski definition) is 0. The van der Waals surface area contributed by atoms with Crippen LogP contribution in [0, 0.1) is 19.6 Å². The van der Waals surface area contributed by atoms with Gasteiger partial charge in [-0.3, -0.25) is 0 Å². The molecule has 9 rings (SSSR count). The third-order valence-corrected chi connectivity index (χ3v) is 9.99. The van der Waals surface area contributed by atoms with Crippen LogP contribution >= 0.6 is 0 Å². The van der Waals surface area contributed by atoms with E-state index < -0.39 is 0 Å². The molecule has 0 aliphatic carbocycles. The number of pyridine rings is 1. The first-order valence-corrected chi connectivity index (χ1v) is 18.1. The van der Waals surface area contributed by atoms with E-state index in [0.717, 1.165) is 50.7 Å². The molecule has 0 bridgehead atoms. The first-order valence-electron chi connectivity index (χ1n) is 18.1. The summed E-state index contributed by atoms with van der Waals surface area (Å²) in [6, 6.07) is 61.0. The fourth-order valence-corrected chi connectivity index (χ4v) is 7.22. The van der Waals surface area contributed by atoms with Gasteiger partial charge in [-0.1, -0.05) is 122 Å². The van der Waals surface area contributed by atoms with Crippen LogP contribution in [0.3, 0.4) is 0 Å². The molecule has 0 amide bonds. The topological polar surface area (TPSA) is 27.5 Å². The molecule has 0 spiro atoms. The molecule has 0 radical (unpaired) electrons. The Hall–Kier alpha value is -5.90. The molecule has 6 aromatic carbocycles. The third kappa shape index (κ3) is 7.21. The second-order valence-corrected chi connectivity index (χ2v) is 14.5. The van der Waals surface area contributed by atoms with Gasteiger partial charge in [0.25, 0.3) is 0 Å². The van der Waals surface area contributed by atoms with Crippen LogP contribution < -0.4 is 14.7 Å². The molecule has 0 atom stereocenters. The molecule has 0 saturated carbocycles. The summed E-state index contributed by atoms with van der Waals surface area (Å²) in [4.78, 5) is 11.6. The molecule has 1 aliphatic heterocycles. The van der Waals surface area contributed by atoms with E-state index in [-0.39, 0.29) is 33.9 Å². The Bertz CT molecular complexity index is 2610. The van der Waals surface area contributed by atoms with Crippen molar-refractivity contribution in [1.29, 1.82) is 0 Å². The quantitative estimate of drug-likeness (QED) is 0.149. The van der Waals surface area contributed by atoms with Gasteiger partial charge >= 0.3 is 0 Å². The van der Waals surface area contributed by atoms with Crippen LogP contribution in [0.1, 0.15) is 26.3 Å². The standard InChI is InChI=1S/C48H39N5.CH3.Pt/c1-48(2,3)37-26-27-49-47(31-37)53-45-23-11-10-22-43(45)44-25-24-42(33-46(44)53)52(38-17-8-5-9-18-38)41-21-13-20-40(32-41)51-29-28-50(34-51)39-19-12-16-36(30-39)35-14-6-4-7-15-35;;/h4-31H,34H2,1-3H3;1H3;/q-2;-1;. The SMILES string of the molecule is CC(C)(C)c1ccnc(-n2c3[c-]c(N(c4[c-]c(N5C=CN(c6cccc(-c7ccccc7)c6)C5)ccc4)c4ccccc4)ccc3c3ccccc32)c1.[CH3-].[Pt]. The predicted molar refractivity (Wildman–Crippen MR) is 227 cm³/mol. The fraction of sp³-hybridized carbons (Fsp3) is 0.102. The van der Waals surface area contributed by atoms with E-state index in [1.54, 1.807) is 0 Å². The van der Waals surface area contributed by atoms with E-state index in [2.05, 4.69) is 216 Å². The maximum absolute atomic E-state index is 4.90. The number of anilines is 5. The Morgan fingerprint density at radius 1 is 0.618 bits per heavy atom. The molecule has 2 aromatic heterocycles. The minimum atomic E-state index is -0.00988. The molecule has 8 aromatic rings. The van der Waals surface area contributed by atoms with Crippen molar-refractivity contribution in [3.63, 3.8) is 0 Å². The van der Waals surface area contributed by atoms with Crippen molar-refractivity contribution in [3.05, 3.63) is 195 Å². The number of aromatic nitrogens is 2. The average Bonchev–Trinajstić information content (AvgIpc) is 3.83. The molecule has 3 heterocycles. The zero-order chi connectivity index (χ0) is 35.9. The predicted octanol–water partition coefficient (Wildman–Crippen LogP) is 12.4. The second kappa shape index (κ2) is 15.5. The Morgan fingerprint density at radius 3 is 2.11 bits per heavy atom. The smallest absolute Gasteiger partial charge is 0.135 e. The van der Waals surface area contributed by atoms with Crippen molar-refractivity contribution in [3.8, 4) is 16.9 Å². The summed E-state index contributed by atoms with van der Waals surface area (Å²) in [5.41, 5.74) is 10.7. The van der Waals surface area contributed by atoms with E-state index in [0.29, 0.717) is 6.67 Å². The van der Waals surface area contributed by atoms with Gasteiger partial charge < -0.3 is 26.7 Å². The van der Waals surface area contributed by atoms with Gasteiger partial charge in [-0.25, -0.2) is 4.98 Å². The van der Waals surface area contributed by atoms with Crippen molar-refractivity contribution < 1.29 is 21.1 Å². The third-order valence-electron chi connectivity index (χ3n) is 9.99. The summed E-state index contributed by atoms with van der Waals surface area (Å²) < 4.78 is 2.25. The summed E-state index contributed by atoms with van der Waals surface area (Å²) in [7, 11) is 0. The Labute approximate surface area is 339 Å². The van der Waals surface area contributed by atoms with Gasteiger partial charge in [0.05, 0.1) is 6.67 Å². The molecule has 276 valence electrons. The number of hydrogen-bond acceptors (Lipinski definition) is 4. The number of nitrogens with zero attached hydrogens (tertiary/aromatic N) is 5. The van der Waals surface area contributed by atoms with Crippen LogP contribution in [0.5, 0.6) is 0 Å². The van der Waals surface area contributed by atoms with E-state index in [4.69, 9.17) is 4.98 Å². The van der Waals surface area contributed by atoms with Crippen LogP contribution in [-0.2, 0) is 26.5 Å². The summed E-state index contributed by atoms with van der Waals surface area (Å²) in [6.07, 6.45) is 6.20. The maximum atomic E-state index is 4.90. The Morgan fingerprint density at radius 2 is 1.31 bits per heavy atom. The Kier molecular flexibility index (Phi) is 10.5. The molecule has 5 nitrogen and oxygen atoms in total. The molecule has 6 heteroatoms. The summed E-state index contributed by atoms with van der Waals surface area (Å²) in [5.74, 6) is 0.886. The first kappa shape index (κ1) is 37.4. The zero-order valence-electron chi connectivity index (χ0n) is 31.4. The summed E-state index contributed by atoms with van der Waals surface area (Å²) >= 11 is 0. The minimum Gasteiger partial charge on any atom is -0.358 e. The molecule has 0 saturated heterocycles.